The van der Waals surface area contributed by atoms with Crippen molar-refractivity contribution in [3.05, 3.63) is 312 Å². The van der Waals surface area contributed by atoms with Crippen molar-refractivity contribution >= 4 is 71.6 Å². The van der Waals surface area contributed by atoms with Crippen molar-refractivity contribution in [2.45, 2.75) is 24.7 Å². The Kier molecular flexibility index (Phi) is 9.50. The molecule has 0 atom stereocenters. The van der Waals surface area contributed by atoms with Gasteiger partial charge in [-0.2, -0.15) is 0 Å². The van der Waals surface area contributed by atoms with E-state index in [1.807, 2.05) is 0 Å². The van der Waals surface area contributed by atoms with E-state index in [0.717, 1.165) is 61.3 Å². The molecular weight excluding hydrogens is 1000 g/mol. The molecule has 3 aliphatic carbocycles. The van der Waals surface area contributed by atoms with Gasteiger partial charge in [-0.05, 0) is 138 Å². The van der Waals surface area contributed by atoms with Crippen molar-refractivity contribution in [3.8, 4) is 61.3 Å². The second-order valence-corrected chi connectivity index (χ2v) is 23.4. The first-order chi connectivity index (χ1) is 41.0. The van der Waals surface area contributed by atoms with Crippen LogP contribution in [0.2, 0.25) is 0 Å². The first kappa shape index (κ1) is 46.3. The Morgan fingerprint density at radius 1 is 0.361 bits per heavy atom. The lowest BCUT2D eigenvalue weighted by molar-refractivity contribution is 0.659. The van der Waals surface area contributed by atoms with Crippen molar-refractivity contribution in [1.82, 2.24) is 4.57 Å². The SMILES string of the molecule is CC1(C)c2ccccc2-c2c1c1c3cccc(-c4ccc(N(c5ccc(-c6ccc7ccccc7c6)cc5)c5cccc6c5C5(c7ccccc7-c7ccccc75)c5ccccc5-6)cc4)c3oc1c1c3ccccc3n(-c3ccccc3)c21. The average Bonchev–Trinajstić information content (AvgIpc) is 1.73. The zero-order valence-electron chi connectivity index (χ0n) is 45.9. The summed E-state index contributed by atoms with van der Waals surface area (Å²) in [5, 5.41) is 7.13. The number of fused-ring (bicyclic) bond motifs is 23. The van der Waals surface area contributed by atoms with E-state index in [0.29, 0.717) is 0 Å². The molecule has 2 heterocycles. The van der Waals surface area contributed by atoms with Crippen molar-refractivity contribution in [1.29, 1.82) is 0 Å². The van der Waals surface area contributed by atoms with Crippen LogP contribution in [0.3, 0.4) is 0 Å². The highest BCUT2D eigenvalue weighted by atomic mass is 16.3. The molecule has 388 valence electrons. The van der Waals surface area contributed by atoms with Crippen LogP contribution in [0.15, 0.2) is 283 Å². The molecule has 83 heavy (non-hydrogen) atoms. The topological polar surface area (TPSA) is 21.3 Å². The molecule has 3 nitrogen and oxygen atoms in total. The summed E-state index contributed by atoms with van der Waals surface area (Å²) in [4.78, 5) is 2.51. The molecule has 0 unspecified atom stereocenters. The van der Waals surface area contributed by atoms with Gasteiger partial charge in [0.25, 0.3) is 0 Å². The molecule has 3 aliphatic rings. The highest BCUT2D eigenvalue weighted by Gasteiger charge is 2.53. The molecule has 1 spiro atoms. The van der Waals surface area contributed by atoms with Gasteiger partial charge in [-0.3, -0.25) is 0 Å². The summed E-state index contributed by atoms with van der Waals surface area (Å²) in [6, 6.07) is 104. The fourth-order valence-electron chi connectivity index (χ4n) is 15.5. The molecule has 0 saturated carbocycles. The number of furan rings is 1. The van der Waals surface area contributed by atoms with Crippen molar-refractivity contribution < 1.29 is 4.42 Å². The average molecular weight is 1060 g/mol. The Bertz CT molecular complexity index is 5170. The molecule has 18 rings (SSSR count). The van der Waals surface area contributed by atoms with E-state index < -0.39 is 5.41 Å². The fourth-order valence-corrected chi connectivity index (χ4v) is 15.5. The van der Waals surface area contributed by atoms with Crippen LogP contribution in [0.4, 0.5) is 17.1 Å². The molecule has 0 bridgehead atoms. The predicted octanol–water partition coefficient (Wildman–Crippen LogP) is 21.3. The fraction of sp³-hybridized carbons (Fsp3) is 0.0500. The standard InChI is InChI=1S/C80H52N2O/c1-79(2)65-32-13-11-27-62(65)71-75(79)72-64-31-18-29-57(77(64)83-78(72)73-63-28-12-17-36-69(63)82(76(71)73)54-22-4-3-5-23-54)51-42-46-56(47-43-51)81(55-44-40-50(41-45-55)53-39-38-49-20-6-7-21-52(49)48-53)70-37-19-30-61-60-26-10-16-35-68(60)80(74(61)70)66-33-14-8-24-58(66)59-25-9-15-34-67(59)80/h3-48H,1-2H3. The molecule has 3 heteroatoms. The van der Waals surface area contributed by atoms with E-state index in [1.54, 1.807) is 0 Å². The summed E-state index contributed by atoms with van der Waals surface area (Å²) in [5.74, 6) is 0. The maximum atomic E-state index is 7.58. The Hall–Kier alpha value is -10.5. The quantitative estimate of drug-likeness (QED) is 0.165. The second kappa shape index (κ2) is 17.0. The molecule has 0 N–H and O–H groups in total. The first-order valence-electron chi connectivity index (χ1n) is 29.0. The van der Waals surface area contributed by atoms with E-state index in [2.05, 4.69) is 302 Å². The van der Waals surface area contributed by atoms with E-state index >= 15 is 0 Å². The summed E-state index contributed by atoms with van der Waals surface area (Å²) < 4.78 is 10.1. The lowest BCUT2D eigenvalue weighted by atomic mass is 9.70. The summed E-state index contributed by atoms with van der Waals surface area (Å²) in [6.07, 6.45) is 0. The highest BCUT2D eigenvalue weighted by Crippen LogP contribution is 2.66. The lowest BCUT2D eigenvalue weighted by Gasteiger charge is -2.36. The van der Waals surface area contributed by atoms with E-state index in [-0.39, 0.29) is 5.41 Å². The summed E-state index contributed by atoms with van der Waals surface area (Å²) in [5.41, 5.74) is 27.9. The van der Waals surface area contributed by atoms with Crippen LogP contribution >= 0.6 is 0 Å². The van der Waals surface area contributed by atoms with Gasteiger partial charge in [-0.1, -0.05) is 238 Å². The number of hydrogen-bond donors (Lipinski definition) is 0. The zero-order valence-corrected chi connectivity index (χ0v) is 45.9. The van der Waals surface area contributed by atoms with Gasteiger partial charge in [-0.15, -0.1) is 0 Å². The Balaban J connectivity index is 0.858. The molecule has 2 aromatic heterocycles. The molecule has 0 aliphatic heterocycles. The molecule has 0 saturated heterocycles. The maximum Gasteiger partial charge on any atom is 0.145 e. The Morgan fingerprint density at radius 3 is 1.60 bits per heavy atom. The van der Waals surface area contributed by atoms with Crippen LogP contribution < -0.4 is 4.90 Å². The van der Waals surface area contributed by atoms with Gasteiger partial charge >= 0.3 is 0 Å². The van der Waals surface area contributed by atoms with Gasteiger partial charge in [0.1, 0.15) is 11.2 Å². The first-order valence-corrected chi connectivity index (χ1v) is 29.0. The van der Waals surface area contributed by atoms with Crippen LogP contribution in [0.1, 0.15) is 47.2 Å². The van der Waals surface area contributed by atoms with E-state index in [9.17, 15) is 0 Å². The van der Waals surface area contributed by atoms with Crippen molar-refractivity contribution in [2.24, 2.45) is 0 Å². The molecular formula is C80H52N2O. The highest BCUT2D eigenvalue weighted by molar-refractivity contribution is 6.30. The van der Waals surface area contributed by atoms with Crippen LogP contribution in [0.25, 0.3) is 116 Å². The van der Waals surface area contributed by atoms with Gasteiger partial charge in [-0.25, -0.2) is 0 Å². The van der Waals surface area contributed by atoms with Crippen molar-refractivity contribution in [2.75, 3.05) is 4.90 Å². The van der Waals surface area contributed by atoms with Gasteiger partial charge in [0.2, 0.25) is 0 Å². The Morgan fingerprint density at radius 2 is 0.892 bits per heavy atom. The van der Waals surface area contributed by atoms with Crippen LogP contribution in [0, 0.1) is 0 Å². The summed E-state index contributed by atoms with van der Waals surface area (Å²) >= 11 is 0. The number of benzene rings is 13. The van der Waals surface area contributed by atoms with Gasteiger partial charge in [0.15, 0.2) is 0 Å². The summed E-state index contributed by atoms with van der Waals surface area (Å²) in [7, 11) is 0. The number of anilines is 3. The van der Waals surface area contributed by atoms with Crippen LogP contribution in [-0.4, -0.2) is 4.57 Å². The third-order valence-corrected chi connectivity index (χ3v) is 18.9. The van der Waals surface area contributed by atoms with Crippen LogP contribution in [0.5, 0.6) is 0 Å². The minimum Gasteiger partial charge on any atom is -0.455 e. The number of nitrogens with zero attached hydrogens (tertiary/aromatic N) is 2. The molecule has 15 aromatic rings. The van der Waals surface area contributed by atoms with Crippen molar-refractivity contribution in [3.63, 3.8) is 0 Å². The number of hydrogen-bond acceptors (Lipinski definition) is 2. The number of para-hydroxylation sites is 3. The number of rotatable bonds is 6. The van der Waals surface area contributed by atoms with Crippen LogP contribution in [-0.2, 0) is 10.8 Å². The van der Waals surface area contributed by atoms with Gasteiger partial charge < -0.3 is 13.9 Å². The largest absolute Gasteiger partial charge is 0.455 e. The monoisotopic (exact) mass is 1060 g/mol. The zero-order chi connectivity index (χ0) is 54.7. The predicted molar refractivity (Wildman–Crippen MR) is 345 cm³/mol. The minimum absolute atomic E-state index is 0.303. The second-order valence-electron chi connectivity index (χ2n) is 23.4. The Labute approximate surface area is 481 Å². The third kappa shape index (κ3) is 6.18. The molecule has 0 fully saturated rings. The lowest BCUT2D eigenvalue weighted by Crippen LogP contribution is -2.28. The van der Waals surface area contributed by atoms with E-state index in [1.165, 1.54) is 105 Å². The molecule has 0 radical (unpaired) electrons. The maximum absolute atomic E-state index is 7.58. The van der Waals surface area contributed by atoms with E-state index in [4.69, 9.17) is 4.42 Å². The number of aromatic nitrogens is 1. The van der Waals surface area contributed by atoms with Gasteiger partial charge in [0.05, 0.1) is 27.5 Å². The molecule has 13 aromatic carbocycles. The smallest absolute Gasteiger partial charge is 0.145 e. The third-order valence-electron chi connectivity index (χ3n) is 18.9. The minimum atomic E-state index is -0.551. The normalized spacial score (nSPS) is 13.9. The van der Waals surface area contributed by atoms with Gasteiger partial charge in [0, 0.05) is 55.3 Å². The summed E-state index contributed by atoms with van der Waals surface area (Å²) in [6.45, 7) is 4.80. The molecule has 0 amide bonds.